The number of benzene rings is 1. The Morgan fingerprint density at radius 1 is 1.21 bits per heavy atom. The zero-order valence-electron chi connectivity index (χ0n) is 21.8. The van der Waals surface area contributed by atoms with Crippen molar-refractivity contribution in [2.75, 3.05) is 11.9 Å². The molecule has 0 unspecified atom stereocenters. The van der Waals surface area contributed by atoms with Gasteiger partial charge in [0.1, 0.15) is 10.8 Å². The van der Waals surface area contributed by atoms with Crippen LogP contribution in [0.15, 0.2) is 23.4 Å². The van der Waals surface area contributed by atoms with Crippen molar-refractivity contribution >= 4 is 57.5 Å². The SMILES string of the molecule is CCOC(=O)c1c(NC(=O)[C@H](C)Sc2nnc(CNC(=O)c3c(F)cccc3Cl)n2C)sc2c1CCCCC2. The van der Waals surface area contributed by atoms with Gasteiger partial charge in [0.2, 0.25) is 5.91 Å². The van der Waals surface area contributed by atoms with E-state index in [-0.39, 0.29) is 29.6 Å². The number of nitrogens with zero attached hydrogens (tertiary/aromatic N) is 3. The zero-order valence-corrected chi connectivity index (χ0v) is 24.2. The second-order valence-electron chi connectivity index (χ2n) is 8.98. The number of hydrogen-bond acceptors (Lipinski definition) is 8. The average molecular weight is 594 g/mol. The van der Waals surface area contributed by atoms with Gasteiger partial charge in [-0.1, -0.05) is 35.9 Å². The number of halogens is 2. The number of nitrogens with one attached hydrogen (secondary N) is 2. The predicted octanol–water partition coefficient (Wildman–Crippen LogP) is 5.16. The summed E-state index contributed by atoms with van der Waals surface area (Å²) >= 11 is 8.60. The molecule has 3 aromatic rings. The first-order chi connectivity index (χ1) is 18.7. The minimum atomic E-state index is -0.720. The van der Waals surface area contributed by atoms with Crippen LogP contribution in [0.3, 0.4) is 0 Å². The van der Waals surface area contributed by atoms with Gasteiger partial charge < -0.3 is 19.9 Å². The standard InChI is InChI=1S/C26H29ClFN5O4S2/c1-4-37-25(36)20-15-9-6-5-7-12-18(15)39-24(20)30-22(34)14(2)38-26-32-31-19(33(26)3)13-29-23(35)21-16(27)10-8-11-17(21)28/h8,10-11,14H,4-7,9,12-13H2,1-3H3,(H,29,35)(H,30,34)/t14-/m0/s1. The van der Waals surface area contributed by atoms with E-state index in [0.29, 0.717) is 21.5 Å². The van der Waals surface area contributed by atoms with E-state index in [9.17, 15) is 18.8 Å². The van der Waals surface area contributed by atoms with Gasteiger partial charge in [-0.3, -0.25) is 9.59 Å². The summed E-state index contributed by atoms with van der Waals surface area (Å²) in [7, 11) is 1.71. The normalized spacial score (nSPS) is 13.8. The smallest absolute Gasteiger partial charge is 0.341 e. The van der Waals surface area contributed by atoms with Crippen molar-refractivity contribution in [1.82, 2.24) is 20.1 Å². The summed E-state index contributed by atoms with van der Waals surface area (Å²) in [6.45, 7) is 3.73. The molecule has 208 valence electrons. The molecule has 0 saturated heterocycles. The number of carbonyl (C=O) groups is 3. The van der Waals surface area contributed by atoms with E-state index in [2.05, 4.69) is 20.8 Å². The van der Waals surface area contributed by atoms with Gasteiger partial charge in [0.25, 0.3) is 5.91 Å². The zero-order chi connectivity index (χ0) is 28.1. The fraction of sp³-hybridized carbons (Fsp3) is 0.423. The third-order valence-electron chi connectivity index (χ3n) is 6.31. The minimum absolute atomic E-state index is 0.00908. The van der Waals surface area contributed by atoms with Gasteiger partial charge in [-0.05, 0) is 57.2 Å². The highest BCUT2D eigenvalue weighted by Crippen LogP contribution is 2.38. The highest BCUT2D eigenvalue weighted by atomic mass is 35.5. The number of carbonyl (C=O) groups excluding carboxylic acids is 3. The van der Waals surface area contributed by atoms with Crippen LogP contribution < -0.4 is 10.6 Å². The molecule has 2 N–H and O–H groups in total. The quantitative estimate of drug-likeness (QED) is 0.200. The molecule has 0 aliphatic heterocycles. The Balaban J connectivity index is 1.42. The molecule has 2 aromatic heterocycles. The molecule has 2 heterocycles. The summed E-state index contributed by atoms with van der Waals surface area (Å²) in [6.07, 6.45) is 4.84. The molecular formula is C26H29ClFN5O4S2. The molecule has 0 spiro atoms. The number of amides is 2. The van der Waals surface area contributed by atoms with E-state index in [1.807, 2.05) is 0 Å². The molecule has 0 radical (unpaired) electrons. The van der Waals surface area contributed by atoms with Crippen LogP contribution >= 0.6 is 34.7 Å². The maximum Gasteiger partial charge on any atom is 0.341 e. The summed E-state index contributed by atoms with van der Waals surface area (Å²) in [4.78, 5) is 39.5. The number of ether oxygens (including phenoxy) is 1. The lowest BCUT2D eigenvalue weighted by Gasteiger charge is -2.13. The van der Waals surface area contributed by atoms with E-state index < -0.39 is 22.9 Å². The second-order valence-corrected chi connectivity index (χ2v) is 11.8. The van der Waals surface area contributed by atoms with Crippen LogP contribution in [0.25, 0.3) is 0 Å². The summed E-state index contributed by atoms with van der Waals surface area (Å²) in [5.74, 6) is -1.67. The van der Waals surface area contributed by atoms with Gasteiger partial charge in [0.05, 0.1) is 34.6 Å². The number of aryl methyl sites for hydroxylation is 1. The van der Waals surface area contributed by atoms with Gasteiger partial charge in [-0.25, -0.2) is 9.18 Å². The maximum atomic E-state index is 14.0. The van der Waals surface area contributed by atoms with Crippen LogP contribution in [0.1, 0.15) is 70.1 Å². The summed E-state index contributed by atoms with van der Waals surface area (Å²) < 4.78 is 21.0. The minimum Gasteiger partial charge on any atom is -0.462 e. The molecule has 0 saturated carbocycles. The van der Waals surface area contributed by atoms with Crippen molar-refractivity contribution in [3.8, 4) is 0 Å². The Hall–Kier alpha value is -2.96. The van der Waals surface area contributed by atoms with Crippen LogP contribution in [-0.2, 0) is 36.0 Å². The van der Waals surface area contributed by atoms with Gasteiger partial charge >= 0.3 is 5.97 Å². The van der Waals surface area contributed by atoms with Crippen molar-refractivity contribution in [1.29, 1.82) is 0 Å². The Morgan fingerprint density at radius 3 is 2.72 bits per heavy atom. The third-order valence-corrected chi connectivity index (χ3v) is 8.97. The number of thioether (sulfide) groups is 1. The van der Waals surface area contributed by atoms with Crippen LogP contribution in [0.2, 0.25) is 5.02 Å². The summed E-state index contributed by atoms with van der Waals surface area (Å²) in [6, 6.07) is 4.02. The molecule has 1 aliphatic rings. The molecule has 0 bridgehead atoms. The Labute approximate surface area is 238 Å². The first kappa shape index (κ1) is 29.0. The molecule has 1 aliphatic carbocycles. The summed E-state index contributed by atoms with van der Waals surface area (Å²) in [5.41, 5.74) is 1.22. The van der Waals surface area contributed by atoms with E-state index >= 15 is 0 Å². The maximum absolute atomic E-state index is 14.0. The van der Waals surface area contributed by atoms with Crippen molar-refractivity contribution in [2.24, 2.45) is 7.05 Å². The van der Waals surface area contributed by atoms with Gasteiger partial charge in [0.15, 0.2) is 11.0 Å². The van der Waals surface area contributed by atoms with Gasteiger partial charge in [0, 0.05) is 11.9 Å². The van der Waals surface area contributed by atoms with Crippen LogP contribution in [-0.4, -0.2) is 44.4 Å². The first-order valence-corrected chi connectivity index (χ1v) is 14.7. The third kappa shape index (κ3) is 6.62. The highest BCUT2D eigenvalue weighted by molar-refractivity contribution is 8.00. The fourth-order valence-corrected chi connectivity index (χ4v) is 6.60. The number of thiophene rings is 1. The van der Waals surface area contributed by atoms with Crippen LogP contribution in [0.5, 0.6) is 0 Å². The van der Waals surface area contributed by atoms with E-state index in [1.165, 1.54) is 35.2 Å². The van der Waals surface area contributed by atoms with Crippen LogP contribution in [0, 0.1) is 5.82 Å². The second kappa shape index (κ2) is 12.9. The number of rotatable bonds is 9. The topological polar surface area (TPSA) is 115 Å². The Kier molecular flexibility index (Phi) is 9.62. The molecule has 1 atom stereocenters. The molecule has 0 fully saturated rings. The predicted molar refractivity (Wildman–Crippen MR) is 149 cm³/mol. The van der Waals surface area contributed by atoms with Crippen molar-refractivity contribution in [3.63, 3.8) is 0 Å². The van der Waals surface area contributed by atoms with E-state index in [1.54, 1.807) is 25.5 Å². The monoisotopic (exact) mass is 593 g/mol. The molecule has 39 heavy (non-hydrogen) atoms. The van der Waals surface area contributed by atoms with Crippen molar-refractivity contribution < 1.29 is 23.5 Å². The lowest BCUT2D eigenvalue weighted by atomic mass is 10.1. The number of anilines is 1. The van der Waals surface area contributed by atoms with E-state index in [0.717, 1.165) is 48.6 Å². The molecule has 9 nitrogen and oxygen atoms in total. The number of fused-ring (bicyclic) bond motifs is 1. The lowest BCUT2D eigenvalue weighted by molar-refractivity contribution is -0.115. The fourth-order valence-electron chi connectivity index (χ4n) is 4.24. The Bertz CT molecular complexity index is 1370. The molecule has 2 amide bonds. The van der Waals surface area contributed by atoms with E-state index in [4.69, 9.17) is 16.3 Å². The number of esters is 1. The molecule has 1 aromatic carbocycles. The lowest BCUT2D eigenvalue weighted by Crippen LogP contribution is -2.26. The number of hydrogen-bond donors (Lipinski definition) is 2. The van der Waals surface area contributed by atoms with Gasteiger partial charge in [-0.2, -0.15) is 0 Å². The largest absolute Gasteiger partial charge is 0.462 e. The average Bonchev–Trinajstić information content (AvgIpc) is 3.32. The highest BCUT2D eigenvalue weighted by Gasteiger charge is 2.28. The van der Waals surface area contributed by atoms with Gasteiger partial charge in [-0.15, -0.1) is 21.5 Å². The van der Waals surface area contributed by atoms with Crippen LogP contribution in [0.4, 0.5) is 9.39 Å². The molecular weight excluding hydrogens is 565 g/mol. The first-order valence-electron chi connectivity index (χ1n) is 12.6. The van der Waals surface area contributed by atoms with Crippen molar-refractivity contribution in [3.05, 3.63) is 56.4 Å². The number of aromatic nitrogens is 3. The Morgan fingerprint density at radius 2 is 1.97 bits per heavy atom. The summed E-state index contributed by atoms with van der Waals surface area (Å²) in [5, 5.41) is 14.2. The van der Waals surface area contributed by atoms with Crippen molar-refractivity contribution in [2.45, 2.75) is 62.9 Å². The molecule has 13 heteroatoms. The molecule has 4 rings (SSSR count).